The summed E-state index contributed by atoms with van der Waals surface area (Å²) in [6.07, 6.45) is 1.81. The molecule has 1 amide bonds. The van der Waals surface area contributed by atoms with E-state index in [9.17, 15) is 4.79 Å². The molecule has 0 saturated carbocycles. The van der Waals surface area contributed by atoms with E-state index < -0.39 is 5.60 Å². The Hall–Kier alpha value is -2.53. The van der Waals surface area contributed by atoms with Crippen molar-refractivity contribution in [2.45, 2.75) is 58.4 Å². The Morgan fingerprint density at radius 1 is 1.07 bits per heavy atom. The fourth-order valence-electron chi connectivity index (χ4n) is 4.23. The summed E-state index contributed by atoms with van der Waals surface area (Å²) < 4.78 is 12.0. The number of hydrogen-bond donors (Lipinski definition) is 0. The summed E-state index contributed by atoms with van der Waals surface area (Å²) in [7, 11) is 0. The molecule has 1 saturated heterocycles. The van der Waals surface area contributed by atoms with Gasteiger partial charge in [-0.2, -0.15) is 0 Å². The molecule has 0 spiro atoms. The number of rotatable bonds is 4. The van der Waals surface area contributed by atoms with Gasteiger partial charge in [0.05, 0.1) is 0 Å². The Kier molecular flexibility index (Phi) is 6.00. The molecule has 2 aliphatic heterocycles. The van der Waals surface area contributed by atoms with E-state index in [4.69, 9.17) is 9.47 Å². The van der Waals surface area contributed by atoms with Gasteiger partial charge in [-0.25, -0.2) is 4.79 Å². The fraction of sp³-hybridized carbons (Fsp3) is 0.480. The van der Waals surface area contributed by atoms with Gasteiger partial charge < -0.3 is 14.4 Å². The van der Waals surface area contributed by atoms with Crippen LogP contribution in [0.4, 0.5) is 4.79 Å². The smallest absolute Gasteiger partial charge is 0.410 e. The summed E-state index contributed by atoms with van der Waals surface area (Å²) in [5.74, 6) is 0.975. The molecular formula is C25H32N2O3. The van der Waals surface area contributed by atoms with Crippen molar-refractivity contribution in [2.24, 2.45) is 0 Å². The van der Waals surface area contributed by atoms with E-state index in [-0.39, 0.29) is 12.2 Å². The predicted molar refractivity (Wildman–Crippen MR) is 118 cm³/mol. The Morgan fingerprint density at radius 2 is 1.87 bits per heavy atom. The molecule has 160 valence electrons. The Bertz CT molecular complexity index is 876. The van der Waals surface area contributed by atoms with Crippen molar-refractivity contribution in [2.75, 3.05) is 19.6 Å². The number of carbonyl (C=O) groups is 1. The summed E-state index contributed by atoms with van der Waals surface area (Å²) in [5.41, 5.74) is 3.26. The van der Waals surface area contributed by atoms with Crippen molar-refractivity contribution in [3.8, 4) is 5.75 Å². The summed E-state index contributed by atoms with van der Waals surface area (Å²) >= 11 is 0. The van der Waals surface area contributed by atoms with Gasteiger partial charge >= 0.3 is 6.09 Å². The maximum absolute atomic E-state index is 12.4. The molecule has 0 radical (unpaired) electrons. The molecule has 0 unspecified atom stereocenters. The van der Waals surface area contributed by atoms with Gasteiger partial charge in [0.25, 0.3) is 0 Å². The lowest BCUT2D eigenvalue weighted by atomic mass is 9.99. The SMILES string of the molecule is CC(C)(C)OC(=O)N1CCc2c(cccc2O[C@H]2CCN(Cc3ccccc3)C2)C1. The second-order valence-electron chi connectivity index (χ2n) is 9.29. The van der Waals surface area contributed by atoms with Crippen LogP contribution in [0, 0.1) is 0 Å². The average Bonchev–Trinajstić information content (AvgIpc) is 3.14. The highest BCUT2D eigenvalue weighted by Gasteiger charge is 2.29. The minimum Gasteiger partial charge on any atom is -0.489 e. The summed E-state index contributed by atoms with van der Waals surface area (Å²) in [4.78, 5) is 16.7. The topological polar surface area (TPSA) is 42.0 Å². The van der Waals surface area contributed by atoms with Crippen LogP contribution in [0.25, 0.3) is 0 Å². The van der Waals surface area contributed by atoms with E-state index in [0.717, 1.165) is 43.8 Å². The summed E-state index contributed by atoms with van der Waals surface area (Å²) in [6, 6.07) is 16.8. The lowest BCUT2D eigenvalue weighted by Gasteiger charge is -2.32. The minimum atomic E-state index is -0.476. The maximum Gasteiger partial charge on any atom is 0.410 e. The first-order valence-corrected chi connectivity index (χ1v) is 10.9. The first kappa shape index (κ1) is 20.7. The third kappa shape index (κ3) is 5.14. The van der Waals surface area contributed by atoms with Crippen molar-refractivity contribution in [3.05, 3.63) is 65.2 Å². The number of carbonyl (C=O) groups excluding carboxylic acids is 1. The molecule has 1 atom stereocenters. The number of benzene rings is 2. The van der Waals surface area contributed by atoms with Crippen LogP contribution >= 0.6 is 0 Å². The normalized spacial score (nSPS) is 19.4. The van der Waals surface area contributed by atoms with Crippen LogP contribution in [-0.4, -0.2) is 47.2 Å². The van der Waals surface area contributed by atoms with E-state index in [1.165, 1.54) is 11.1 Å². The van der Waals surface area contributed by atoms with Crippen molar-refractivity contribution in [1.82, 2.24) is 9.80 Å². The van der Waals surface area contributed by atoms with E-state index in [0.29, 0.717) is 13.1 Å². The number of nitrogens with zero attached hydrogens (tertiary/aromatic N) is 2. The average molecular weight is 409 g/mol. The highest BCUT2D eigenvalue weighted by atomic mass is 16.6. The standard InChI is InChI=1S/C25H32N2O3/c1-25(2,3)30-24(28)27-15-13-22-20(17-27)10-7-11-23(22)29-21-12-14-26(18-21)16-19-8-5-4-6-9-19/h4-11,21H,12-18H2,1-3H3/t21-/m0/s1. The van der Waals surface area contributed by atoms with Crippen molar-refractivity contribution >= 4 is 6.09 Å². The number of hydrogen-bond acceptors (Lipinski definition) is 4. The first-order chi connectivity index (χ1) is 14.4. The summed E-state index contributed by atoms with van der Waals surface area (Å²) in [5, 5.41) is 0. The van der Waals surface area contributed by atoms with Crippen molar-refractivity contribution in [3.63, 3.8) is 0 Å². The van der Waals surface area contributed by atoms with Gasteiger partial charge in [-0.05, 0) is 50.8 Å². The van der Waals surface area contributed by atoms with Crippen molar-refractivity contribution in [1.29, 1.82) is 0 Å². The number of ether oxygens (including phenoxy) is 2. The first-order valence-electron chi connectivity index (χ1n) is 10.9. The van der Waals surface area contributed by atoms with Crippen LogP contribution in [0.5, 0.6) is 5.75 Å². The molecule has 2 aromatic rings. The van der Waals surface area contributed by atoms with Crippen LogP contribution in [-0.2, 0) is 24.2 Å². The second-order valence-corrected chi connectivity index (χ2v) is 9.29. The van der Waals surface area contributed by atoms with Crippen LogP contribution < -0.4 is 4.74 Å². The van der Waals surface area contributed by atoms with E-state index in [1.807, 2.05) is 26.8 Å². The predicted octanol–water partition coefficient (Wildman–Crippen LogP) is 4.63. The third-order valence-corrected chi connectivity index (χ3v) is 5.65. The van der Waals surface area contributed by atoms with E-state index in [1.54, 1.807) is 4.90 Å². The van der Waals surface area contributed by atoms with Gasteiger partial charge in [-0.1, -0.05) is 42.5 Å². The third-order valence-electron chi connectivity index (χ3n) is 5.65. The minimum absolute atomic E-state index is 0.212. The van der Waals surface area contributed by atoms with Gasteiger partial charge in [0.1, 0.15) is 17.5 Å². The number of likely N-dealkylation sites (tertiary alicyclic amines) is 1. The number of fused-ring (bicyclic) bond motifs is 1. The molecule has 2 aromatic carbocycles. The second kappa shape index (κ2) is 8.68. The Morgan fingerprint density at radius 3 is 2.63 bits per heavy atom. The molecule has 0 bridgehead atoms. The van der Waals surface area contributed by atoms with Crippen molar-refractivity contribution < 1.29 is 14.3 Å². The Balaban J connectivity index is 1.37. The molecule has 0 N–H and O–H groups in total. The van der Waals surface area contributed by atoms with E-state index in [2.05, 4.69) is 47.4 Å². The summed E-state index contributed by atoms with van der Waals surface area (Å²) in [6.45, 7) is 9.91. The maximum atomic E-state index is 12.4. The quantitative estimate of drug-likeness (QED) is 0.740. The van der Waals surface area contributed by atoms with Crippen LogP contribution in [0.15, 0.2) is 48.5 Å². The molecular weight excluding hydrogens is 376 g/mol. The molecule has 1 fully saturated rings. The van der Waals surface area contributed by atoms with E-state index >= 15 is 0 Å². The zero-order valence-corrected chi connectivity index (χ0v) is 18.3. The zero-order chi connectivity index (χ0) is 21.1. The molecule has 0 aliphatic carbocycles. The highest BCUT2D eigenvalue weighted by molar-refractivity contribution is 5.69. The van der Waals surface area contributed by atoms with Crippen LogP contribution in [0.3, 0.4) is 0 Å². The molecule has 2 heterocycles. The fourth-order valence-corrected chi connectivity index (χ4v) is 4.23. The van der Waals surface area contributed by atoms with Gasteiger partial charge in [-0.3, -0.25) is 4.90 Å². The highest BCUT2D eigenvalue weighted by Crippen LogP contribution is 2.31. The van der Waals surface area contributed by atoms with Gasteiger partial charge in [0, 0.05) is 38.3 Å². The molecule has 30 heavy (non-hydrogen) atoms. The molecule has 4 rings (SSSR count). The molecule has 2 aliphatic rings. The van der Waals surface area contributed by atoms with Crippen LogP contribution in [0.2, 0.25) is 0 Å². The molecule has 5 heteroatoms. The monoisotopic (exact) mass is 408 g/mol. The van der Waals surface area contributed by atoms with Gasteiger partial charge in [0.15, 0.2) is 0 Å². The van der Waals surface area contributed by atoms with Gasteiger partial charge in [-0.15, -0.1) is 0 Å². The lowest BCUT2D eigenvalue weighted by molar-refractivity contribution is 0.0222. The molecule has 0 aromatic heterocycles. The lowest BCUT2D eigenvalue weighted by Crippen LogP contribution is -2.40. The van der Waals surface area contributed by atoms with Gasteiger partial charge in [0.2, 0.25) is 0 Å². The number of amides is 1. The Labute approximate surface area is 179 Å². The van der Waals surface area contributed by atoms with Crippen LogP contribution in [0.1, 0.15) is 43.9 Å². The largest absolute Gasteiger partial charge is 0.489 e. The zero-order valence-electron chi connectivity index (χ0n) is 18.3. The molecule has 5 nitrogen and oxygen atoms in total.